The highest BCUT2D eigenvalue weighted by atomic mass is 28.4. The van der Waals surface area contributed by atoms with Gasteiger partial charge < -0.3 is 23.7 Å². The van der Waals surface area contributed by atoms with Crippen molar-refractivity contribution >= 4 is 14.3 Å². The van der Waals surface area contributed by atoms with E-state index in [-0.39, 0.29) is 35.7 Å². The molecule has 1 N–H and O–H groups in total. The molecular weight excluding hydrogens is 376 g/mol. The van der Waals surface area contributed by atoms with Crippen molar-refractivity contribution in [1.29, 1.82) is 0 Å². The standard InChI is InChI=1S/C21H42O6Si/c1-10-24-19(23)13-16(22)12-18-14-17(25-21(6,7)26-18)11-15(2)27-28(8,9)20(3,4)5/h15-18,22H,10-14H2,1-9H3/t15-,16?,17-,18+/m0/s1. The average Bonchev–Trinajstić information content (AvgIpc) is 2.42. The van der Waals surface area contributed by atoms with Crippen molar-refractivity contribution in [1.82, 2.24) is 0 Å². The molecule has 1 rings (SSSR count). The van der Waals surface area contributed by atoms with E-state index < -0.39 is 20.2 Å². The molecule has 0 aromatic heterocycles. The molecule has 0 spiro atoms. The van der Waals surface area contributed by atoms with Crippen LogP contribution in [0.25, 0.3) is 0 Å². The minimum Gasteiger partial charge on any atom is -0.466 e. The van der Waals surface area contributed by atoms with E-state index in [1.807, 2.05) is 13.8 Å². The number of hydrogen-bond acceptors (Lipinski definition) is 6. The lowest BCUT2D eigenvalue weighted by molar-refractivity contribution is -0.305. The van der Waals surface area contributed by atoms with E-state index in [9.17, 15) is 9.90 Å². The van der Waals surface area contributed by atoms with Crippen LogP contribution in [0.3, 0.4) is 0 Å². The molecule has 0 amide bonds. The van der Waals surface area contributed by atoms with Crippen molar-refractivity contribution in [3.63, 3.8) is 0 Å². The predicted octanol–water partition coefficient (Wildman–Crippen LogP) is 4.40. The van der Waals surface area contributed by atoms with Gasteiger partial charge in [-0.25, -0.2) is 0 Å². The third kappa shape index (κ3) is 8.49. The van der Waals surface area contributed by atoms with Crippen molar-refractivity contribution < 1.29 is 28.5 Å². The number of aliphatic hydroxyl groups is 1. The van der Waals surface area contributed by atoms with Gasteiger partial charge in [0.2, 0.25) is 0 Å². The Kier molecular flexibility index (Phi) is 9.15. The van der Waals surface area contributed by atoms with Crippen molar-refractivity contribution in [2.24, 2.45) is 0 Å². The number of rotatable bonds is 9. The van der Waals surface area contributed by atoms with Gasteiger partial charge in [-0.15, -0.1) is 0 Å². The molecule has 6 nitrogen and oxygen atoms in total. The number of ether oxygens (including phenoxy) is 3. The van der Waals surface area contributed by atoms with Crippen LogP contribution >= 0.6 is 0 Å². The molecule has 166 valence electrons. The summed E-state index contributed by atoms with van der Waals surface area (Å²) in [5.41, 5.74) is 0. The fourth-order valence-corrected chi connectivity index (χ4v) is 4.86. The molecule has 28 heavy (non-hydrogen) atoms. The van der Waals surface area contributed by atoms with Crippen LogP contribution in [0, 0.1) is 0 Å². The van der Waals surface area contributed by atoms with Crippen molar-refractivity contribution in [2.45, 2.75) is 122 Å². The van der Waals surface area contributed by atoms with Crippen LogP contribution in [-0.2, 0) is 23.4 Å². The molecule has 7 heteroatoms. The van der Waals surface area contributed by atoms with Crippen LogP contribution in [0.15, 0.2) is 0 Å². The second-order valence-electron chi connectivity index (χ2n) is 9.94. The Balaban J connectivity index is 2.64. The Hall–Kier alpha value is -0.473. The third-order valence-electron chi connectivity index (χ3n) is 5.57. The van der Waals surface area contributed by atoms with Gasteiger partial charge in [-0.05, 0) is 52.2 Å². The van der Waals surface area contributed by atoms with Gasteiger partial charge in [0.05, 0.1) is 31.3 Å². The smallest absolute Gasteiger partial charge is 0.308 e. The molecule has 1 saturated heterocycles. The summed E-state index contributed by atoms with van der Waals surface area (Å²) in [4.78, 5) is 11.6. The van der Waals surface area contributed by atoms with Gasteiger partial charge in [0, 0.05) is 18.9 Å². The maximum atomic E-state index is 11.6. The quantitative estimate of drug-likeness (QED) is 0.442. The monoisotopic (exact) mass is 418 g/mol. The summed E-state index contributed by atoms with van der Waals surface area (Å²) in [6, 6.07) is 0. The maximum Gasteiger partial charge on any atom is 0.308 e. The first kappa shape index (κ1) is 25.6. The summed E-state index contributed by atoms with van der Waals surface area (Å²) in [7, 11) is -1.84. The zero-order valence-corrected chi connectivity index (χ0v) is 20.3. The van der Waals surface area contributed by atoms with E-state index in [0.29, 0.717) is 19.4 Å². The Morgan fingerprint density at radius 2 is 1.75 bits per heavy atom. The second kappa shape index (κ2) is 10.0. The summed E-state index contributed by atoms with van der Waals surface area (Å²) in [5.74, 6) is -1.11. The first-order valence-corrected chi connectivity index (χ1v) is 13.4. The van der Waals surface area contributed by atoms with Gasteiger partial charge in [0.1, 0.15) is 0 Å². The van der Waals surface area contributed by atoms with Gasteiger partial charge in [0.25, 0.3) is 0 Å². The average molecular weight is 419 g/mol. The van der Waals surface area contributed by atoms with Crippen molar-refractivity contribution in [3.8, 4) is 0 Å². The second-order valence-corrected chi connectivity index (χ2v) is 14.7. The molecule has 0 aliphatic carbocycles. The Bertz CT molecular complexity index is 500. The lowest BCUT2D eigenvalue weighted by atomic mass is 9.98. The SMILES string of the molecule is CCOC(=O)CC(O)C[C@@H]1C[C@H](C[C@H](C)O[Si](C)(C)C(C)(C)C)OC(C)(C)O1. The summed E-state index contributed by atoms with van der Waals surface area (Å²) in [6.07, 6.45) is 0.966. The van der Waals surface area contributed by atoms with Crippen LogP contribution in [-0.4, -0.2) is 56.2 Å². The molecule has 1 aliphatic heterocycles. The minimum absolute atomic E-state index is 0.00939. The van der Waals surface area contributed by atoms with Crippen LogP contribution in [0.2, 0.25) is 18.1 Å². The molecule has 1 fully saturated rings. The molecule has 0 aromatic rings. The van der Waals surface area contributed by atoms with Gasteiger partial charge >= 0.3 is 5.97 Å². The lowest BCUT2D eigenvalue weighted by Gasteiger charge is -2.43. The Morgan fingerprint density at radius 3 is 2.25 bits per heavy atom. The predicted molar refractivity (Wildman–Crippen MR) is 113 cm³/mol. The number of esters is 1. The molecule has 0 saturated carbocycles. The summed E-state index contributed by atoms with van der Waals surface area (Å²) < 4.78 is 23.5. The normalized spacial score (nSPS) is 25.2. The highest BCUT2D eigenvalue weighted by molar-refractivity contribution is 6.74. The molecule has 0 bridgehead atoms. The molecule has 1 unspecified atom stereocenters. The third-order valence-corrected chi connectivity index (χ3v) is 10.2. The number of carbonyl (C=O) groups is 1. The molecular formula is C21H42O6Si. The highest BCUT2D eigenvalue weighted by Gasteiger charge is 2.41. The summed E-state index contributed by atoms with van der Waals surface area (Å²) in [6.45, 7) is 19.2. The molecule has 1 aliphatic rings. The van der Waals surface area contributed by atoms with Crippen LogP contribution < -0.4 is 0 Å². The zero-order valence-electron chi connectivity index (χ0n) is 19.3. The van der Waals surface area contributed by atoms with Crippen LogP contribution in [0.5, 0.6) is 0 Å². The summed E-state index contributed by atoms with van der Waals surface area (Å²) in [5, 5.41) is 10.4. The first-order chi connectivity index (χ1) is 12.6. The van der Waals surface area contributed by atoms with E-state index >= 15 is 0 Å². The van der Waals surface area contributed by atoms with E-state index in [0.717, 1.165) is 6.42 Å². The van der Waals surface area contributed by atoms with E-state index in [1.165, 1.54) is 0 Å². The van der Waals surface area contributed by atoms with E-state index in [1.54, 1.807) is 6.92 Å². The fourth-order valence-electron chi connectivity index (χ4n) is 3.41. The maximum absolute atomic E-state index is 11.6. The fraction of sp³-hybridized carbons (Fsp3) is 0.952. The van der Waals surface area contributed by atoms with E-state index in [2.05, 4.69) is 40.8 Å². The summed E-state index contributed by atoms with van der Waals surface area (Å²) >= 11 is 0. The molecule has 1 heterocycles. The Labute approximate surface area is 172 Å². The largest absolute Gasteiger partial charge is 0.466 e. The highest BCUT2D eigenvalue weighted by Crippen LogP contribution is 2.38. The van der Waals surface area contributed by atoms with Crippen molar-refractivity contribution in [3.05, 3.63) is 0 Å². The van der Waals surface area contributed by atoms with Gasteiger partial charge in [-0.3, -0.25) is 4.79 Å². The zero-order chi connectivity index (χ0) is 21.8. The molecule has 0 aromatic carbocycles. The van der Waals surface area contributed by atoms with Crippen LogP contribution in [0.1, 0.15) is 74.1 Å². The molecule has 0 radical (unpaired) electrons. The number of hydrogen-bond donors (Lipinski definition) is 1. The number of aliphatic hydroxyl groups excluding tert-OH is 1. The van der Waals surface area contributed by atoms with Crippen LogP contribution in [0.4, 0.5) is 0 Å². The topological polar surface area (TPSA) is 74.2 Å². The first-order valence-electron chi connectivity index (χ1n) is 10.5. The number of carbonyl (C=O) groups excluding carboxylic acids is 1. The van der Waals surface area contributed by atoms with E-state index in [4.69, 9.17) is 18.6 Å². The van der Waals surface area contributed by atoms with Gasteiger partial charge in [0.15, 0.2) is 14.1 Å². The van der Waals surface area contributed by atoms with Crippen molar-refractivity contribution in [2.75, 3.05) is 6.61 Å². The minimum atomic E-state index is -1.84. The lowest BCUT2D eigenvalue weighted by Crippen LogP contribution is -2.48. The van der Waals surface area contributed by atoms with Gasteiger partial charge in [-0.1, -0.05) is 20.8 Å². The van der Waals surface area contributed by atoms with Gasteiger partial charge in [-0.2, -0.15) is 0 Å². The Morgan fingerprint density at radius 1 is 1.21 bits per heavy atom. The molecule has 4 atom stereocenters.